The Labute approximate surface area is 65.8 Å². The van der Waals surface area contributed by atoms with Crippen molar-refractivity contribution in [3.63, 3.8) is 0 Å². The van der Waals surface area contributed by atoms with Crippen molar-refractivity contribution in [3.05, 3.63) is 22.6 Å². The third-order valence-electron chi connectivity index (χ3n) is 1.04. The molecule has 0 saturated heterocycles. The molecule has 0 aliphatic carbocycles. The Bertz CT molecular complexity index is 166. The molecule has 0 bridgehead atoms. The zero-order valence-electron chi connectivity index (χ0n) is 6.31. The van der Waals surface area contributed by atoms with Crippen LogP contribution in [0.15, 0.2) is 22.6 Å². The van der Waals surface area contributed by atoms with Crippen LogP contribution in [0.4, 0.5) is 0 Å². The lowest BCUT2D eigenvalue weighted by molar-refractivity contribution is 0.254. The molecule has 0 aliphatic rings. The maximum Gasteiger partial charge on any atom is 0.171 e. The van der Waals surface area contributed by atoms with Gasteiger partial charge in [-0.2, -0.15) is 0 Å². The predicted molar refractivity (Wildman–Crippen MR) is 41.9 cm³/mol. The summed E-state index contributed by atoms with van der Waals surface area (Å²) in [6.45, 7) is 3.36. The summed E-state index contributed by atoms with van der Waals surface area (Å²) < 4.78 is 4.79. The van der Waals surface area contributed by atoms with Crippen molar-refractivity contribution < 1.29 is 9.84 Å². The molecule has 0 unspecified atom stereocenters. The molecule has 0 rings (SSSR count). The number of rotatable bonds is 2. The number of hydrogen-bond acceptors (Lipinski definition) is 2. The number of aliphatic hydroxyl groups is 1. The highest BCUT2D eigenvalue weighted by Gasteiger charge is 2.03. The van der Waals surface area contributed by atoms with E-state index >= 15 is 0 Å². The Morgan fingerprint density at radius 1 is 1.60 bits per heavy atom. The number of halogens is 1. The van der Waals surface area contributed by atoms with Gasteiger partial charge < -0.3 is 9.84 Å². The maximum atomic E-state index is 9.14. The quantitative estimate of drug-likeness (QED) is 0.500. The highest BCUT2D eigenvalue weighted by atomic mass is 35.5. The van der Waals surface area contributed by atoms with Gasteiger partial charge in [0.2, 0.25) is 0 Å². The monoisotopic (exact) mass is 162 g/mol. The van der Waals surface area contributed by atoms with Gasteiger partial charge in [-0.3, -0.25) is 0 Å². The van der Waals surface area contributed by atoms with E-state index in [0.717, 1.165) is 0 Å². The SMILES string of the molecule is C/C=C(OC)\C(O)=C(/C)Cl. The predicted octanol–water partition coefficient (Wildman–Crippen LogP) is 2.56. The van der Waals surface area contributed by atoms with Crippen LogP contribution in [0.1, 0.15) is 13.8 Å². The molecular weight excluding hydrogens is 152 g/mol. The molecule has 2 nitrogen and oxygen atoms in total. The van der Waals surface area contributed by atoms with Crippen molar-refractivity contribution in [2.45, 2.75) is 13.8 Å². The molecule has 0 fully saturated rings. The van der Waals surface area contributed by atoms with Crippen molar-refractivity contribution in [2.75, 3.05) is 7.11 Å². The van der Waals surface area contributed by atoms with Crippen LogP contribution in [-0.2, 0) is 4.74 Å². The molecule has 1 N–H and O–H groups in total. The summed E-state index contributed by atoms with van der Waals surface area (Å²) in [5, 5.41) is 9.47. The van der Waals surface area contributed by atoms with Crippen molar-refractivity contribution in [2.24, 2.45) is 0 Å². The van der Waals surface area contributed by atoms with E-state index in [1.54, 1.807) is 19.9 Å². The first kappa shape index (κ1) is 9.37. The normalized spacial score (nSPS) is 14.6. The summed E-state index contributed by atoms with van der Waals surface area (Å²) in [5.41, 5.74) is 0. The van der Waals surface area contributed by atoms with Crippen molar-refractivity contribution in [1.82, 2.24) is 0 Å². The van der Waals surface area contributed by atoms with Gasteiger partial charge in [0.15, 0.2) is 11.5 Å². The molecule has 0 aromatic rings. The Balaban J connectivity index is 4.48. The molecule has 0 aromatic heterocycles. The fourth-order valence-electron chi connectivity index (χ4n) is 0.521. The zero-order valence-corrected chi connectivity index (χ0v) is 7.07. The van der Waals surface area contributed by atoms with E-state index < -0.39 is 0 Å². The van der Waals surface area contributed by atoms with E-state index in [-0.39, 0.29) is 5.76 Å². The van der Waals surface area contributed by atoms with Gasteiger partial charge in [-0.25, -0.2) is 0 Å². The van der Waals surface area contributed by atoms with Gasteiger partial charge in [-0.05, 0) is 19.9 Å². The van der Waals surface area contributed by atoms with Gasteiger partial charge in [-0.15, -0.1) is 0 Å². The fourth-order valence-corrected chi connectivity index (χ4v) is 0.614. The molecule has 10 heavy (non-hydrogen) atoms. The fraction of sp³-hybridized carbons (Fsp3) is 0.429. The molecule has 3 heteroatoms. The van der Waals surface area contributed by atoms with E-state index in [1.165, 1.54) is 7.11 Å². The van der Waals surface area contributed by atoms with Crippen molar-refractivity contribution >= 4 is 11.6 Å². The molecule has 0 atom stereocenters. The van der Waals surface area contributed by atoms with E-state index in [0.29, 0.717) is 10.8 Å². The first-order chi connectivity index (χ1) is 4.63. The summed E-state index contributed by atoms with van der Waals surface area (Å²) >= 11 is 5.49. The summed E-state index contributed by atoms with van der Waals surface area (Å²) in [6.07, 6.45) is 1.64. The third-order valence-corrected chi connectivity index (χ3v) is 1.22. The van der Waals surface area contributed by atoms with Crippen LogP contribution in [-0.4, -0.2) is 12.2 Å². The Kier molecular flexibility index (Phi) is 3.96. The van der Waals surface area contributed by atoms with E-state index in [1.807, 2.05) is 0 Å². The number of methoxy groups -OCH3 is 1. The van der Waals surface area contributed by atoms with Crippen LogP contribution in [0, 0.1) is 0 Å². The second-order valence-corrected chi connectivity index (χ2v) is 2.31. The minimum absolute atomic E-state index is 0.00772. The molecular formula is C7H11ClO2. The van der Waals surface area contributed by atoms with Crippen LogP contribution in [0.25, 0.3) is 0 Å². The van der Waals surface area contributed by atoms with Crippen LogP contribution in [0.5, 0.6) is 0 Å². The molecule has 0 aliphatic heterocycles. The van der Waals surface area contributed by atoms with Gasteiger partial charge in [0.1, 0.15) is 0 Å². The highest BCUT2D eigenvalue weighted by molar-refractivity contribution is 6.29. The number of ether oxygens (including phenoxy) is 1. The maximum absolute atomic E-state index is 9.14. The molecule has 0 spiro atoms. The average molecular weight is 163 g/mol. The second kappa shape index (κ2) is 4.23. The molecule has 0 saturated carbocycles. The first-order valence-electron chi connectivity index (χ1n) is 2.89. The smallest absolute Gasteiger partial charge is 0.171 e. The van der Waals surface area contributed by atoms with Crippen LogP contribution >= 0.6 is 11.6 Å². The number of allylic oxidation sites excluding steroid dienone is 2. The molecule has 0 amide bonds. The number of aliphatic hydroxyl groups excluding tert-OH is 1. The van der Waals surface area contributed by atoms with Gasteiger partial charge in [0.25, 0.3) is 0 Å². The van der Waals surface area contributed by atoms with Gasteiger partial charge in [0.05, 0.1) is 12.1 Å². The second-order valence-electron chi connectivity index (χ2n) is 1.74. The van der Waals surface area contributed by atoms with Gasteiger partial charge in [0, 0.05) is 0 Å². The van der Waals surface area contributed by atoms with E-state index in [4.69, 9.17) is 21.4 Å². The van der Waals surface area contributed by atoms with Crippen molar-refractivity contribution in [3.8, 4) is 0 Å². The lowest BCUT2D eigenvalue weighted by Crippen LogP contribution is -1.91. The Hall–Kier alpha value is -0.630. The lowest BCUT2D eigenvalue weighted by atomic mass is 10.3. The van der Waals surface area contributed by atoms with Crippen LogP contribution in [0.2, 0.25) is 0 Å². The van der Waals surface area contributed by atoms with Crippen LogP contribution < -0.4 is 0 Å². The molecule has 0 heterocycles. The summed E-state index contributed by atoms with van der Waals surface area (Å²) in [6, 6.07) is 0. The minimum atomic E-state index is -0.00772. The molecule has 0 aromatic carbocycles. The Morgan fingerprint density at radius 3 is 2.20 bits per heavy atom. The zero-order chi connectivity index (χ0) is 8.15. The minimum Gasteiger partial charge on any atom is -0.503 e. The topological polar surface area (TPSA) is 29.5 Å². The van der Waals surface area contributed by atoms with E-state index in [9.17, 15) is 0 Å². The van der Waals surface area contributed by atoms with E-state index in [2.05, 4.69) is 0 Å². The van der Waals surface area contributed by atoms with Gasteiger partial charge in [-0.1, -0.05) is 11.6 Å². The number of hydrogen-bond donors (Lipinski definition) is 1. The third kappa shape index (κ3) is 2.31. The van der Waals surface area contributed by atoms with Crippen molar-refractivity contribution in [1.29, 1.82) is 0 Å². The summed E-state index contributed by atoms with van der Waals surface area (Å²) in [5.74, 6) is 0.388. The molecule has 0 radical (unpaired) electrons. The highest BCUT2D eigenvalue weighted by Crippen LogP contribution is 2.14. The summed E-state index contributed by atoms with van der Waals surface area (Å²) in [4.78, 5) is 0. The van der Waals surface area contributed by atoms with Crippen LogP contribution in [0.3, 0.4) is 0 Å². The average Bonchev–Trinajstić information content (AvgIpc) is 1.90. The lowest BCUT2D eigenvalue weighted by Gasteiger charge is -2.03. The Morgan fingerprint density at radius 2 is 2.10 bits per heavy atom. The standard InChI is InChI=1S/C7H11ClO2/c1-4-6(10-3)7(9)5(2)8/h4,9H,1-3H3/b6-4+,7-5-. The van der Waals surface area contributed by atoms with Gasteiger partial charge >= 0.3 is 0 Å². The molecule has 58 valence electrons. The largest absolute Gasteiger partial charge is 0.503 e. The first-order valence-corrected chi connectivity index (χ1v) is 3.27. The summed E-state index contributed by atoms with van der Waals surface area (Å²) in [7, 11) is 1.48.